The number of carbonyl (C=O) groups is 2. The summed E-state index contributed by atoms with van der Waals surface area (Å²) >= 11 is 0. The van der Waals surface area contributed by atoms with Crippen molar-refractivity contribution in [3.63, 3.8) is 0 Å². The van der Waals surface area contributed by atoms with E-state index in [9.17, 15) is 9.59 Å². The molecule has 1 amide bonds. The Morgan fingerprint density at radius 1 is 0.967 bits per heavy atom. The first-order valence-electron chi connectivity index (χ1n) is 9.91. The minimum absolute atomic E-state index is 0.150. The van der Waals surface area contributed by atoms with E-state index in [0.29, 0.717) is 36.0 Å². The van der Waals surface area contributed by atoms with Crippen molar-refractivity contribution in [1.82, 2.24) is 4.90 Å². The number of hydrogen-bond acceptors (Lipinski definition) is 7. The van der Waals surface area contributed by atoms with E-state index in [0.717, 1.165) is 5.56 Å². The van der Waals surface area contributed by atoms with Gasteiger partial charge in [-0.25, -0.2) is 0 Å². The van der Waals surface area contributed by atoms with Gasteiger partial charge in [0.25, 0.3) is 5.91 Å². The summed E-state index contributed by atoms with van der Waals surface area (Å²) in [4.78, 5) is 26.4. The molecule has 2 aromatic carbocycles. The molecule has 0 bridgehead atoms. The molecule has 2 atom stereocenters. The fraction of sp³-hybridized carbons (Fsp3) is 0.364. The van der Waals surface area contributed by atoms with Gasteiger partial charge in [0.05, 0.1) is 6.54 Å². The van der Waals surface area contributed by atoms with Crippen molar-refractivity contribution in [2.75, 3.05) is 19.9 Å². The zero-order valence-corrected chi connectivity index (χ0v) is 16.2. The molecule has 0 aromatic heterocycles. The van der Waals surface area contributed by atoms with Gasteiger partial charge in [-0.1, -0.05) is 24.3 Å². The third-order valence-electron chi connectivity index (χ3n) is 5.30. The number of carbonyl (C=O) groups excluding carboxylic acids is 2. The number of esters is 1. The van der Waals surface area contributed by atoms with Gasteiger partial charge in [0, 0.05) is 24.9 Å². The van der Waals surface area contributed by atoms with Crippen LogP contribution in [0.1, 0.15) is 18.4 Å². The van der Waals surface area contributed by atoms with Crippen LogP contribution < -0.4 is 18.9 Å². The number of para-hydroxylation sites is 3. The van der Waals surface area contributed by atoms with E-state index in [4.69, 9.17) is 23.7 Å². The molecular formula is C22H21NO7. The van der Waals surface area contributed by atoms with Crippen LogP contribution in [0, 0.1) is 0 Å². The van der Waals surface area contributed by atoms with Crippen molar-refractivity contribution in [2.24, 2.45) is 0 Å². The fourth-order valence-corrected chi connectivity index (χ4v) is 3.86. The average Bonchev–Trinajstić information content (AvgIpc) is 3.42. The van der Waals surface area contributed by atoms with E-state index < -0.39 is 6.10 Å². The predicted molar refractivity (Wildman–Crippen MR) is 103 cm³/mol. The maximum Gasteiger partial charge on any atom is 0.306 e. The summed E-state index contributed by atoms with van der Waals surface area (Å²) in [6.07, 6.45) is -0.498. The number of cyclic esters (lactones) is 1. The topological polar surface area (TPSA) is 83.5 Å². The van der Waals surface area contributed by atoms with Gasteiger partial charge in [0.15, 0.2) is 35.2 Å². The highest BCUT2D eigenvalue weighted by Gasteiger charge is 2.36. The zero-order valence-electron chi connectivity index (χ0n) is 16.2. The fourth-order valence-electron chi connectivity index (χ4n) is 3.86. The Kier molecular flexibility index (Phi) is 4.82. The van der Waals surface area contributed by atoms with E-state index in [-0.39, 0.29) is 44.3 Å². The predicted octanol–water partition coefficient (Wildman–Crippen LogP) is 2.29. The molecule has 156 valence electrons. The van der Waals surface area contributed by atoms with Crippen molar-refractivity contribution >= 4 is 11.9 Å². The minimum Gasteiger partial charge on any atom is -0.486 e. The van der Waals surface area contributed by atoms with Gasteiger partial charge in [-0.2, -0.15) is 0 Å². The smallest absolute Gasteiger partial charge is 0.306 e. The Labute approximate surface area is 173 Å². The molecule has 1 saturated heterocycles. The van der Waals surface area contributed by atoms with Gasteiger partial charge in [-0.3, -0.25) is 9.59 Å². The van der Waals surface area contributed by atoms with Gasteiger partial charge in [0.1, 0.15) is 6.61 Å². The summed E-state index contributed by atoms with van der Waals surface area (Å²) in [5, 5.41) is 0. The van der Waals surface area contributed by atoms with Crippen molar-refractivity contribution in [3.05, 3.63) is 48.0 Å². The molecule has 2 aromatic rings. The maximum atomic E-state index is 13.2. The van der Waals surface area contributed by atoms with Crippen LogP contribution in [0.5, 0.6) is 23.0 Å². The number of ether oxygens (including phenoxy) is 5. The third-order valence-corrected chi connectivity index (χ3v) is 5.30. The van der Waals surface area contributed by atoms with E-state index in [1.807, 2.05) is 42.5 Å². The lowest BCUT2D eigenvalue weighted by Gasteiger charge is -2.32. The first kappa shape index (κ1) is 18.6. The lowest BCUT2D eigenvalue weighted by atomic mass is 10.1. The Balaban J connectivity index is 1.37. The molecule has 1 fully saturated rings. The van der Waals surface area contributed by atoms with Gasteiger partial charge < -0.3 is 28.6 Å². The molecule has 30 heavy (non-hydrogen) atoms. The van der Waals surface area contributed by atoms with Crippen molar-refractivity contribution in [3.8, 4) is 23.0 Å². The van der Waals surface area contributed by atoms with Crippen molar-refractivity contribution < 1.29 is 33.3 Å². The molecule has 0 radical (unpaired) electrons. The van der Waals surface area contributed by atoms with Gasteiger partial charge in [-0.15, -0.1) is 0 Å². The summed E-state index contributed by atoms with van der Waals surface area (Å²) < 4.78 is 28.1. The molecule has 3 heterocycles. The lowest BCUT2D eigenvalue weighted by molar-refractivity contribution is -0.154. The number of hydrogen-bond donors (Lipinski definition) is 0. The summed E-state index contributed by atoms with van der Waals surface area (Å²) in [5.74, 6) is 2.01. The third kappa shape index (κ3) is 3.60. The second-order valence-corrected chi connectivity index (χ2v) is 7.38. The van der Waals surface area contributed by atoms with Gasteiger partial charge in [0.2, 0.25) is 6.79 Å². The summed E-state index contributed by atoms with van der Waals surface area (Å²) in [6.45, 7) is 1.03. The second-order valence-electron chi connectivity index (χ2n) is 7.38. The minimum atomic E-state index is -0.775. The van der Waals surface area contributed by atoms with E-state index >= 15 is 0 Å². The van der Waals surface area contributed by atoms with Crippen LogP contribution in [-0.2, 0) is 20.9 Å². The number of nitrogens with zero attached hydrogens (tertiary/aromatic N) is 1. The van der Waals surface area contributed by atoms with E-state index in [1.54, 1.807) is 4.90 Å². The Bertz CT molecular complexity index is 976. The van der Waals surface area contributed by atoms with Crippen LogP contribution in [0.4, 0.5) is 0 Å². The van der Waals surface area contributed by atoms with E-state index in [2.05, 4.69) is 0 Å². The normalized spacial score (nSPS) is 21.3. The van der Waals surface area contributed by atoms with Crippen LogP contribution >= 0.6 is 0 Å². The Morgan fingerprint density at radius 2 is 1.80 bits per heavy atom. The summed E-state index contributed by atoms with van der Waals surface area (Å²) in [6, 6.07) is 13.0. The Hall–Kier alpha value is -3.42. The highest BCUT2D eigenvalue weighted by molar-refractivity contribution is 5.86. The number of benzene rings is 2. The van der Waals surface area contributed by atoms with E-state index in [1.165, 1.54) is 0 Å². The molecule has 0 spiro atoms. The molecule has 3 aliphatic rings. The van der Waals surface area contributed by atoms with Crippen molar-refractivity contribution in [1.29, 1.82) is 0 Å². The molecule has 0 aliphatic carbocycles. The maximum absolute atomic E-state index is 13.2. The van der Waals surface area contributed by atoms with Gasteiger partial charge in [-0.05, 0) is 18.2 Å². The van der Waals surface area contributed by atoms with Gasteiger partial charge >= 0.3 is 5.97 Å². The second kappa shape index (κ2) is 7.78. The van der Waals surface area contributed by atoms with Crippen LogP contribution in [0.3, 0.4) is 0 Å². The summed E-state index contributed by atoms with van der Waals surface area (Å²) in [5.41, 5.74) is 0.819. The molecule has 0 saturated carbocycles. The van der Waals surface area contributed by atoms with Crippen LogP contribution in [0.2, 0.25) is 0 Å². The highest BCUT2D eigenvalue weighted by atomic mass is 16.7. The number of fused-ring (bicyclic) bond motifs is 2. The average molecular weight is 411 g/mol. The number of amides is 1. The van der Waals surface area contributed by atoms with Crippen LogP contribution in [0.15, 0.2) is 42.5 Å². The van der Waals surface area contributed by atoms with Crippen molar-refractivity contribution in [2.45, 2.75) is 31.6 Å². The molecule has 8 nitrogen and oxygen atoms in total. The molecule has 3 aliphatic heterocycles. The standard InChI is InChI=1S/C22H21NO7/c24-20-9-8-19(30-20)22(25)23(10-14-4-3-7-18-21(14)28-13-27-18)11-15-12-26-16-5-1-2-6-17(16)29-15/h1-7,15,19H,8-13H2/t15-,19-/m0/s1. The van der Waals surface area contributed by atoms with Crippen LogP contribution in [-0.4, -0.2) is 48.9 Å². The number of rotatable bonds is 5. The molecule has 0 N–H and O–H groups in total. The highest BCUT2D eigenvalue weighted by Crippen LogP contribution is 2.36. The molecule has 5 rings (SSSR count). The first-order chi connectivity index (χ1) is 14.7. The quantitative estimate of drug-likeness (QED) is 0.698. The molecule has 8 heteroatoms. The summed E-state index contributed by atoms with van der Waals surface area (Å²) in [7, 11) is 0. The molecular weight excluding hydrogens is 390 g/mol. The van der Waals surface area contributed by atoms with Crippen LogP contribution in [0.25, 0.3) is 0 Å². The zero-order chi connectivity index (χ0) is 20.5. The lowest BCUT2D eigenvalue weighted by Crippen LogP contribution is -2.46. The monoisotopic (exact) mass is 411 g/mol. The largest absolute Gasteiger partial charge is 0.486 e. The Morgan fingerprint density at radius 3 is 2.63 bits per heavy atom. The first-order valence-corrected chi connectivity index (χ1v) is 9.91. The molecule has 0 unspecified atom stereocenters. The SMILES string of the molecule is O=C1CC[C@@H](C(=O)N(Cc2cccc3c2OCO3)C[C@H]2COc3ccccc3O2)O1.